The largest absolute Gasteiger partial charge is 0.504 e. The number of furan rings is 2. The zero-order valence-electron chi connectivity index (χ0n) is 29.0. The van der Waals surface area contributed by atoms with Gasteiger partial charge < -0.3 is 38.9 Å². The van der Waals surface area contributed by atoms with Gasteiger partial charge in [0.05, 0.1) is 16.6 Å². The van der Waals surface area contributed by atoms with E-state index < -0.39 is 34.3 Å². The summed E-state index contributed by atoms with van der Waals surface area (Å²) in [6, 6.07) is 41.4. The molecule has 0 aliphatic carbocycles. The normalized spacial score (nSPS) is 11.9. The molecule has 7 aromatic carbocycles. The summed E-state index contributed by atoms with van der Waals surface area (Å²) in [7, 11) is 0. The van der Waals surface area contributed by atoms with E-state index in [-0.39, 0.29) is 17.5 Å². The zero-order chi connectivity index (χ0) is 37.8. The molecule has 0 unspecified atom stereocenters. The average molecular weight is 735 g/mol. The Bertz CT molecular complexity index is 3370. The van der Waals surface area contributed by atoms with Gasteiger partial charge in [-0.3, -0.25) is 0 Å². The maximum atomic E-state index is 10.9. The maximum Gasteiger partial charge on any atom is 0.208 e. The Morgan fingerprint density at radius 1 is 0.411 bits per heavy atom. The van der Waals surface area contributed by atoms with Crippen LogP contribution in [-0.2, 0) is 0 Å². The van der Waals surface area contributed by atoms with E-state index >= 15 is 0 Å². The van der Waals surface area contributed by atoms with Gasteiger partial charge in [-0.2, -0.15) is 0 Å². The third kappa shape index (κ3) is 4.42. The van der Waals surface area contributed by atoms with Crippen molar-refractivity contribution in [3.63, 3.8) is 0 Å². The van der Waals surface area contributed by atoms with Crippen molar-refractivity contribution in [3.8, 4) is 68.6 Å². The second-order valence-corrected chi connectivity index (χ2v) is 13.6. The molecule has 11 rings (SSSR count). The zero-order valence-corrected chi connectivity index (χ0v) is 29.0. The molecule has 0 atom stereocenters. The number of benzene rings is 7. The highest BCUT2D eigenvalue weighted by Crippen LogP contribution is 2.54. The van der Waals surface area contributed by atoms with Crippen LogP contribution in [0.1, 0.15) is 0 Å². The van der Waals surface area contributed by atoms with Gasteiger partial charge in [-0.15, -0.1) is 0 Å². The summed E-state index contributed by atoms with van der Waals surface area (Å²) < 4.78 is 14.9. The summed E-state index contributed by atoms with van der Waals surface area (Å²) in [5, 5.41) is 58.7. The van der Waals surface area contributed by atoms with Crippen molar-refractivity contribution >= 4 is 65.7 Å². The molecule has 268 valence electrons. The van der Waals surface area contributed by atoms with Gasteiger partial charge in [0.1, 0.15) is 27.9 Å². The molecule has 0 fully saturated rings. The molecule has 0 aliphatic rings. The minimum atomic E-state index is -1.10. The molecule has 0 spiro atoms. The van der Waals surface area contributed by atoms with Gasteiger partial charge in [0, 0.05) is 43.6 Å². The monoisotopic (exact) mass is 734 g/mol. The smallest absolute Gasteiger partial charge is 0.208 e. The maximum absolute atomic E-state index is 10.9. The van der Waals surface area contributed by atoms with E-state index in [1.807, 2.05) is 84.9 Å². The van der Waals surface area contributed by atoms with Crippen molar-refractivity contribution in [1.82, 2.24) is 19.5 Å². The van der Waals surface area contributed by atoms with Crippen LogP contribution in [0.3, 0.4) is 0 Å². The van der Waals surface area contributed by atoms with Crippen molar-refractivity contribution in [3.05, 3.63) is 127 Å². The number of hydrogen-bond acceptors (Lipinski definition) is 10. The first-order valence-electron chi connectivity index (χ1n) is 17.6. The van der Waals surface area contributed by atoms with Gasteiger partial charge in [-0.25, -0.2) is 15.0 Å². The lowest BCUT2D eigenvalue weighted by Crippen LogP contribution is -2.01. The minimum Gasteiger partial charge on any atom is -0.504 e. The lowest BCUT2D eigenvalue weighted by atomic mass is 10.1. The molecule has 0 saturated heterocycles. The summed E-state index contributed by atoms with van der Waals surface area (Å²) in [5.41, 5.74) is 6.04. The fraction of sp³-hybridized carbons (Fsp3) is 0. The van der Waals surface area contributed by atoms with Crippen molar-refractivity contribution in [2.75, 3.05) is 0 Å². The number of phenols is 5. The van der Waals surface area contributed by atoms with Gasteiger partial charge in [-0.05, 0) is 54.6 Å². The topological polar surface area (TPSA) is 171 Å². The van der Waals surface area contributed by atoms with Crippen molar-refractivity contribution in [1.29, 1.82) is 0 Å². The van der Waals surface area contributed by atoms with Gasteiger partial charge >= 0.3 is 0 Å². The molecule has 0 bridgehead atoms. The van der Waals surface area contributed by atoms with Crippen molar-refractivity contribution < 1.29 is 34.4 Å². The van der Waals surface area contributed by atoms with E-state index in [9.17, 15) is 25.5 Å². The highest BCUT2D eigenvalue weighted by atomic mass is 16.4. The van der Waals surface area contributed by atoms with Gasteiger partial charge in [0.2, 0.25) is 17.2 Å². The van der Waals surface area contributed by atoms with Gasteiger partial charge in [-0.1, -0.05) is 72.8 Å². The highest BCUT2D eigenvalue weighted by molar-refractivity contribution is 6.11. The number of phenolic OH excluding ortho intramolecular Hbond substituents is 5. The van der Waals surface area contributed by atoms with Crippen LogP contribution >= 0.6 is 0 Å². The number of aromatic nitrogens is 4. The first kappa shape index (κ1) is 31.5. The number of hydrogen-bond donors (Lipinski definition) is 5. The average Bonchev–Trinajstić information content (AvgIpc) is 3.91. The molecule has 0 aliphatic heterocycles. The molecule has 0 radical (unpaired) electrons. The Kier molecular flexibility index (Phi) is 6.45. The summed E-state index contributed by atoms with van der Waals surface area (Å²) in [5.74, 6) is -5.13. The fourth-order valence-corrected chi connectivity index (χ4v) is 7.80. The number of para-hydroxylation sites is 4. The molecule has 56 heavy (non-hydrogen) atoms. The lowest BCUT2D eigenvalue weighted by Gasteiger charge is -2.13. The van der Waals surface area contributed by atoms with Crippen LogP contribution < -0.4 is 0 Å². The van der Waals surface area contributed by atoms with Crippen LogP contribution in [0.25, 0.3) is 106 Å². The number of fused-ring (bicyclic) bond motifs is 9. The molecular formula is C45H26N4O7. The molecule has 11 aromatic rings. The van der Waals surface area contributed by atoms with Crippen molar-refractivity contribution in [2.24, 2.45) is 0 Å². The van der Waals surface area contributed by atoms with Crippen LogP contribution in [0, 0.1) is 0 Å². The van der Waals surface area contributed by atoms with E-state index in [1.54, 1.807) is 12.1 Å². The van der Waals surface area contributed by atoms with Crippen LogP contribution in [0.4, 0.5) is 0 Å². The van der Waals surface area contributed by atoms with Crippen molar-refractivity contribution in [2.45, 2.75) is 0 Å². The van der Waals surface area contributed by atoms with E-state index in [2.05, 4.69) is 44.9 Å². The quantitative estimate of drug-likeness (QED) is 0.0865. The van der Waals surface area contributed by atoms with Crippen LogP contribution in [0.5, 0.6) is 28.7 Å². The first-order valence-corrected chi connectivity index (χ1v) is 17.6. The second kappa shape index (κ2) is 11.5. The standard InChI is InChI=1S/C45H26N4O7/c50-37-36(38(51)40(53)41(54)39(37)52)45-47-43(46-44(48-45)29-12-7-11-28-26-10-3-6-15-33(26)56-42(28)29)22-16-18-27-30-21-23(17-19-34(30)55-35(27)20-22)49-31-13-4-1-8-24(31)25-9-2-5-14-32(25)49/h1-21,50-54H. The SMILES string of the molecule is Oc1c(O)c(O)c(-c2nc(-c3ccc4c(c3)oc3ccc(-n5c6ccccc6c6ccccc65)cc34)nc(-c3cccc4c3oc3ccccc34)n2)c(O)c1O. The van der Waals surface area contributed by atoms with E-state index in [1.165, 1.54) is 0 Å². The summed E-state index contributed by atoms with van der Waals surface area (Å²) in [6.07, 6.45) is 0. The Morgan fingerprint density at radius 3 is 1.75 bits per heavy atom. The van der Waals surface area contributed by atoms with Crippen LogP contribution in [0.2, 0.25) is 0 Å². The fourth-order valence-electron chi connectivity index (χ4n) is 7.80. The van der Waals surface area contributed by atoms with Crippen LogP contribution in [0.15, 0.2) is 136 Å². The molecular weight excluding hydrogens is 709 g/mol. The molecule has 4 heterocycles. The molecule has 5 N–H and O–H groups in total. The van der Waals surface area contributed by atoms with E-state index in [4.69, 9.17) is 13.8 Å². The second-order valence-electron chi connectivity index (χ2n) is 13.6. The Labute approximate surface area is 314 Å². The predicted octanol–water partition coefficient (Wildman–Crippen LogP) is 10.3. The number of rotatable bonds is 4. The van der Waals surface area contributed by atoms with E-state index in [0.29, 0.717) is 33.5 Å². The molecule has 0 saturated carbocycles. The predicted molar refractivity (Wildman–Crippen MR) is 213 cm³/mol. The van der Waals surface area contributed by atoms with Gasteiger partial charge in [0.15, 0.2) is 29.0 Å². The minimum absolute atomic E-state index is 0.112. The highest BCUT2D eigenvalue weighted by Gasteiger charge is 2.28. The lowest BCUT2D eigenvalue weighted by molar-refractivity contribution is 0.329. The van der Waals surface area contributed by atoms with Gasteiger partial charge in [0.25, 0.3) is 0 Å². The number of aromatic hydroxyl groups is 5. The summed E-state index contributed by atoms with van der Waals surface area (Å²) in [6.45, 7) is 0. The molecule has 0 amide bonds. The first-order chi connectivity index (χ1) is 27.3. The third-order valence-electron chi connectivity index (χ3n) is 10.4. The van der Waals surface area contributed by atoms with E-state index in [0.717, 1.165) is 49.0 Å². The third-order valence-corrected chi connectivity index (χ3v) is 10.4. The number of nitrogens with zero attached hydrogens (tertiary/aromatic N) is 4. The van der Waals surface area contributed by atoms with Crippen LogP contribution in [-0.4, -0.2) is 45.1 Å². The molecule has 4 aromatic heterocycles. The molecule has 11 nitrogen and oxygen atoms in total. The molecule has 11 heteroatoms. The summed E-state index contributed by atoms with van der Waals surface area (Å²) in [4.78, 5) is 14.0. The Balaban J connectivity index is 1.11. The summed E-state index contributed by atoms with van der Waals surface area (Å²) >= 11 is 0. The Hall–Kier alpha value is -8.05. The Morgan fingerprint density at radius 2 is 1.00 bits per heavy atom.